The second-order valence-electron chi connectivity index (χ2n) is 4.89. The van der Waals surface area contributed by atoms with Gasteiger partial charge in [0.25, 0.3) is 0 Å². The number of nitrogens with zero attached hydrogens (tertiary/aromatic N) is 3. The van der Waals surface area contributed by atoms with E-state index >= 15 is 0 Å². The van der Waals surface area contributed by atoms with Crippen LogP contribution in [0.3, 0.4) is 0 Å². The maximum Gasteiger partial charge on any atom is 0.230 e. The highest BCUT2D eigenvalue weighted by Gasteiger charge is 2.40. The van der Waals surface area contributed by atoms with E-state index in [2.05, 4.69) is 10.1 Å². The van der Waals surface area contributed by atoms with Crippen LogP contribution in [-0.2, 0) is 20.7 Å². The summed E-state index contributed by atoms with van der Waals surface area (Å²) in [6, 6.07) is 0. The van der Waals surface area contributed by atoms with Crippen LogP contribution in [0.2, 0.25) is 0 Å². The van der Waals surface area contributed by atoms with Crippen LogP contribution >= 0.6 is 0 Å². The van der Waals surface area contributed by atoms with E-state index in [4.69, 9.17) is 14.0 Å². The maximum absolute atomic E-state index is 12.1. The van der Waals surface area contributed by atoms with E-state index in [1.54, 1.807) is 6.92 Å². The van der Waals surface area contributed by atoms with Gasteiger partial charge < -0.3 is 18.9 Å². The summed E-state index contributed by atoms with van der Waals surface area (Å²) in [6.07, 6.45) is 1.64. The predicted octanol–water partition coefficient (Wildman–Crippen LogP) is 0.286. The number of hydrogen-bond donors (Lipinski definition) is 0. The summed E-state index contributed by atoms with van der Waals surface area (Å²) in [6.45, 7) is 4.30. The third-order valence-corrected chi connectivity index (χ3v) is 3.57. The standard InChI is InChI=1S/C12H17N3O4/c1-9-13-10(14-19-9)8-11(16)15-4-2-12(3-5-15)17-6-7-18-12/h2-8H2,1H3. The average molecular weight is 267 g/mol. The molecule has 1 aromatic rings. The molecule has 0 N–H and O–H groups in total. The number of rotatable bonds is 2. The zero-order valence-electron chi connectivity index (χ0n) is 10.9. The predicted molar refractivity (Wildman–Crippen MR) is 63.2 cm³/mol. The van der Waals surface area contributed by atoms with Crippen LogP contribution in [-0.4, -0.2) is 53.0 Å². The molecule has 0 unspecified atom stereocenters. The van der Waals surface area contributed by atoms with Gasteiger partial charge in [-0.3, -0.25) is 4.79 Å². The SMILES string of the molecule is Cc1nc(CC(=O)N2CCC3(CC2)OCCO3)no1. The van der Waals surface area contributed by atoms with Crippen LogP contribution in [0.15, 0.2) is 4.52 Å². The van der Waals surface area contributed by atoms with Crippen molar-refractivity contribution in [3.05, 3.63) is 11.7 Å². The number of hydrogen-bond acceptors (Lipinski definition) is 6. The molecule has 1 amide bonds. The van der Waals surface area contributed by atoms with Crippen molar-refractivity contribution < 1.29 is 18.8 Å². The Balaban J connectivity index is 1.54. The second-order valence-corrected chi connectivity index (χ2v) is 4.89. The summed E-state index contributed by atoms with van der Waals surface area (Å²) in [4.78, 5) is 18.0. The minimum Gasteiger partial charge on any atom is -0.347 e. The van der Waals surface area contributed by atoms with Crippen molar-refractivity contribution in [2.45, 2.75) is 32.0 Å². The van der Waals surface area contributed by atoms with Crippen molar-refractivity contribution in [3.8, 4) is 0 Å². The Hall–Kier alpha value is -1.47. The summed E-state index contributed by atoms with van der Waals surface area (Å²) < 4.78 is 16.1. The zero-order chi connectivity index (χ0) is 13.3. The van der Waals surface area contributed by atoms with E-state index < -0.39 is 5.79 Å². The van der Waals surface area contributed by atoms with Crippen molar-refractivity contribution in [2.24, 2.45) is 0 Å². The molecular formula is C12H17N3O4. The van der Waals surface area contributed by atoms with Crippen LogP contribution in [0.25, 0.3) is 0 Å². The van der Waals surface area contributed by atoms with Crippen LogP contribution in [0, 0.1) is 6.92 Å². The molecule has 2 saturated heterocycles. The van der Waals surface area contributed by atoms with Gasteiger partial charge in [0.1, 0.15) is 0 Å². The number of piperidine rings is 1. The molecule has 2 aliphatic rings. The summed E-state index contributed by atoms with van der Waals surface area (Å²) in [5.41, 5.74) is 0. The van der Waals surface area contributed by atoms with Gasteiger partial charge in [0.15, 0.2) is 11.6 Å². The first kappa shape index (κ1) is 12.6. The number of amides is 1. The lowest BCUT2D eigenvalue weighted by molar-refractivity contribution is -0.187. The fraction of sp³-hybridized carbons (Fsp3) is 0.750. The van der Waals surface area contributed by atoms with Crippen LogP contribution < -0.4 is 0 Å². The number of ether oxygens (including phenoxy) is 2. The molecule has 19 heavy (non-hydrogen) atoms. The molecule has 0 radical (unpaired) electrons. The van der Waals surface area contributed by atoms with Crippen LogP contribution in [0.5, 0.6) is 0 Å². The van der Waals surface area contributed by atoms with Gasteiger partial charge in [0, 0.05) is 32.9 Å². The molecule has 104 valence electrons. The Labute approximate surface area is 110 Å². The molecule has 1 aromatic heterocycles. The summed E-state index contributed by atoms with van der Waals surface area (Å²) in [5, 5.41) is 3.74. The van der Waals surface area contributed by atoms with Gasteiger partial charge in [-0.05, 0) is 0 Å². The monoisotopic (exact) mass is 267 g/mol. The number of aromatic nitrogens is 2. The molecule has 0 saturated carbocycles. The van der Waals surface area contributed by atoms with Gasteiger partial charge in [0.2, 0.25) is 11.8 Å². The Bertz CT molecular complexity index is 457. The van der Waals surface area contributed by atoms with Gasteiger partial charge in [-0.2, -0.15) is 4.98 Å². The Kier molecular flexibility index (Phi) is 3.24. The highest BCUT2D eigenvalue weighted by molar-refractivity contribution is 5.78. The molecule has 0 aliphatic carbocycles. The molecular weight excluding hydrogens is 250 g/mol. The maximum atomic E-state index is 12.1. The largest absolute Gasteiger partial charge is 0.347 e. The first-order valence-electron chi connectivity index (χ1n) is 6.52. The number of carbonyl (C=O) groups is 1. The van der Waals surface area contributed by atoms with E-state index in [1.165, 1.54) is 0 Å². The van der Waals surface area contributed by atoms with Gasteiger partial charge in [0.05, 0.1) is 19.6 Å². The first-order valence-corrected chi connectivity index (χ1v) is 6.52. The number of likely N-dealkylation sites (tertiary alicyclic amines) is 1. The van der Waals surface area contributed by atoms with Gasteiger partial charge in [-0.15, -0.1) is 0 Å². The third-order valence-electron chi connectivity index (χ3n) is 3.57. The van der Waals surface area contributed by atoms with Crippen molar-refractivity contribution in [3.63, 3.8) is 0 Å². The van der Waals surface area contributed by atoms with Crippen molar-refractivity contribution in [2.75, 3.05) is 26.3 Å². The van der Waals surface area contributed by atoms with Crippen LogP contribution in [0.1, 0.15) is 24.6 Å². The normalized spacial score (nSPS) is 22.1. The molecule has 0 aromatic carbocycles. The molecule has 7 nitrogen and oxygen atoms in total. The molecule has 1 spiro atoms. The quantitative estimate of drug-likeness (QED) is 0.766. The van der Waals surface area contributed by atoms with Crippen molar-refractivity contribution in [1.29, 1.82) is 0 Å². The Morgan fingerprint density at radius 2 is 2.00 bits per heavy atom. The van der Waals surface area contributed by atoms with Crippen molar-refractivity contribution in [1.82, 2.24) is 15.0 Å². The van der Waals surface area contributed by atoms with Gasteiger partial charge in [-0.25, -0.2) is 0 Å². The topological polar surface area (TPSA) is 77.7 Å². The highest BCUT2D eigenvalue weighted by atomic mass is 16.7. The first-order chi connectivity index (χ1) is 9.17. The smallest absolute Gasteiger partial charge is 0.230 e. The van der Waals surface area contributed by atoms with E-state index in [1.807, 2.05) is 4.90 Å². The Morgan fingerprint density at radius 3 is 2.58 bits per heavy atom. The van der Waals surface area contributed by atoms with Crippen LogP contribution in [0.4, 0.5) is 0 Å². The van der Waals surface area contributed by atoms with Crippen molar-refractivity contribution >= 4 is 5.91 Å². The van der Waals surface area contributed by atoms with E-state index in [0.29, 0.717) is 38.0 Å². The minimum absolute atomic E-state index is 0.0219. The third kappa shape index (κ3) is 2.62. The highest BCUT2D eigenvalue weighted by Crippen LogP contribution is 2.31. The summed E-state index contributed by atoms with van der Waals surface area (Å²) >= 11 is 0. The lowest BCUT2D eigenvalue weighted by Crippen LogP contribution is -2.47. The molecule has 7 heteroatoms. The fourth-order valence-electron chi connectivity index (χ4n) is 2.54. The lowest BCUT2D eigenvalue weighted by atomic mass is 10.0. The van der Waals surface area contributed by atoms with E-state index in [9.17, 15) is 4.79 Å². The molecule has 3 heterocycles. The summed E-state index contributed by atoms with van der Waals surface area (Å²) in [5.74, 6) is 0.498. The Morgan fingerprint density at radius 1 is 1.32 bits per heavy atom. The second kappa shape index (κ2) is 4.90. The average Bonchev–Trinajstić information content (AvgIpc) is 3.00. The molecule has 2 aliphatic heterocycles. The van der Waals surface area contributed by atoms with E-state index in [0.717, 1.165) is 12.8 Å². The molecule has 3 rings (SSSR count). The fourth-order valence-corrected chi connectivity index (χ4v) is 2.54. The lowest BCUT2D eigenvalue weighted by Gasteiger charge is -2.37. The number of carbonyl (C=O) groups excluding carboxylic acids is 1. The van der Waals surface area contributed by atoms with Gasteiger partial charge in [-0.1, -0.05) is 5.16 Å². The zero-order valence-corrected chi connectivity index (χ0v) is 10.9. The number of aryl methyl sites for hydroxylation is 1. The molecule has 0 atom stereocenters. The minimum atomic E-state index is -0.445. The van der Waals surface area contributed by atoms with Gasteiger partial charge >= 0.3 is 0 Å². The van der Waals surface area contributed by atoms with E-state index in [-0.39, 0.29) is 12.3 Å². The molecule has 2 fully saturated rings. The summed E-state index contributed by atoms with van der Waals surface area (Å²) in [7, 11) is 0. The molecule has 0 bridgehead atoms.